The predicted molar refractivity (Wildman–Crippen MR) is 114 cm³/mol. The van der Waals surface area contributed by atoms with Gasteiger partial charge in [0.15, 0.2) is 6.61 Å². The molecule has 192 valence electrons. The van der Waals surface area contributed by atoms with Crippen LogP contribution in [0.25, 0.3) is 11.1 Å². The van der Waals surface area contributed by atoms with Gasteiger partial charge in [-0.15, -0.1) is 0 Å². The molecule has 2 aromatic rings. The second-order valence-corrected chi connectivity index (χ2v) is 7.73. The van der Waals surface area contributed by atoms with Gasteiger partial charge in [0.25, 0.3) is 0 Å². The molecular formula is C24H18F7NO4. The molecule has 0 aliphatic heterocycles. The summed E-state index contributed by atoms with van der Waals surface area (Å²) in [5.74, 6) is -13.6. The zero-order valence-electron chi connectivity index (χ0n) is 18.6. The van der Waals surface area contributed by atoms with Crippen LogP contribution in [0.2, 0.25) is 0 Å². The molecule has 0 amide bonds. The van der Waals surface area contributed by atoms with Crippen molar-refractivity contribution in [2.24, 2.45) is 4.99 Å². The minimum atomic E-state index is -6.49. The normalized spacial score (nSPS) is 13.6. The highest BCUT2D eigenvalue weighted by Gasteiger charge is 2.74. The molecule has 1 aliphatic rings. The zero-order valence-corrected chi connectivity index (χ0v) is 18.6. The van der Waals surface area contributed by atoms with Crippen LogP contribution in [-0.2, 0) is 32.1 Å². The van der Waals surface area contributed by atoms with Gasteiger partial charge in [-0.1, -0.05) is 30.8 Å². The average Bonchev–Trinajstić information content (AvgIpc) is 3.18. The minimum Gasteiger partial charge on any atom is -0.458 e. The van der Waals surface area contributed by atoms with Crippen molar-refractivity contribution < 1.29 is 49.8 Å². The molecule has 0 aromatic heterocycles. The number of alkyl halides is 7. The number of nitrogens with zero attached hydrogens (tertiary/aromatic N) is 1. The van der Waals surface area contributed by atoms with Crippen LogP contribution >= 0.6 is 0 Å². The third kappa shape index (κ3) is 4.98. The molecule has 0 heterocycles. The molecule has 2 aromatic carbocycles. The highest BCUT2D eigenvalue weighted by molar-refractivity contribution is 6.07. The smallest absolute Gasteiger partial charge is 0.458 e. The molecule has 5 nitrogen and oxygen atoms in total. The van der Waals surface area contributed by atoms with Gasteiger partial charge in [-0.3, -0.25) is 4.99 Å². The van der Waals surface area contributed by atoms with Gasteiger partial charge in [0.1, 0.15) is 12.3 Å². The summed E-state index contributed by atoms with van der Waals surface area (Å²) in [4.78, 5) is 25.8. The molecule has 0 N–H and O–H groups in total. The Morgan fingerprint density at radius 3 is 2.17 bits per heavy atom. The van der Waals surface area contributed by atoms with E-state index in [9.17, 15) is 40.3 Å². The van der Waals surface area contributed by atoms with Gasteiger partial charge in [-0.2, -0.15) is 30.7 Å². The molecule has 3 rings (SSSR count). The highest BCUT2D eigenvalue weighted by atomic mass is 19.4. The molecule has 0 saturated heterocycles. The van der Waals surface area contributed by atoms with Crippen molar-refractivity contribution in [3.63, 3.8) is 0 Å². The predicted octanol–water partition coefficient (Wildman–Crippen LogP) is 5.28. The van der Waals surface area contributed by atoms with Crippen molar-refractivity contribution in [2.45, 2.75) is 31.0 Å². The Morgan fingerprint density at radius 1 is 0.972 bits per heavy atom. The van der Waals surface area contributed by atoms with E-state index >= 15 is 0 Å². The standard InChI is InChI=1S/C24H18F7NO4/c1-3-19(33)36-12-20(34)35-11-13-4-5-14-9-15-6-7-16(10-18(15)17(14)8-13)21(32-2)22(25,26)23(27,28)24(29,30)31/h3-8,10H,1,9,11-12H2,2H3/b32-21-. The van der Waals surface area contributed by atoms with Crippen molar-refractivity contribution in [1.82, 2.24) is 0 Å². The summed E-state index contributed by atoms with van der Waals surface area (Å²) in [6, 6.07) is 8.32. The van der Waals surface area contributed by atoms with E-state index in [1.54, 1.807) is 18.2 Å². The summed E-state index contributed by atoms with van der Waals surface area (Å²) in [5.41, 5.74) is 0.357. The molecular weight excluding hydrogens is 499 g/mol. The van der Waals surface area contributed by atoms with Crippen LogP contribution in [-0.4, -0.2) is 49.3 Å². The number of benzene rings is 2. The summed E-state index contributed by atoms with van der Waals surface area (Å²) < 4.78 is 104. The number of fused-ring (bicyclic) bond motifs is 3. The molecule has 0 spiro atoms. The Morgan fingerprint density at radius 2 is 1.58 bits per heavy atom. The molecule has 0 saturated carbocycles. The second-order valence-electron chi connectivity index (χ2n) is 7.73. The van der Waals surface area contributed by atoms with E-state index in [2.05, 4.69) is 16.3 Å². The van der Waals surface area contributed by atoms with Crippen LogP contribution in [0.15, 0.2) is 54.0 Å². The van der Waals surface area contributed by atoms with E-state index in [4.69, 9.17) is 4.74 Å². The topological polar surface area (TPSA) is 65.0 Å². The number of ether oxygens (including phenoxy) is 2. The largest absolute Gasteiger partial charge is 0.460 e. The van der Waals surface area contributed by atoms with E-state index in [0.717, 1.165) is 23.8 Å². The van der Waals surface area contributed by atoms with Gasteiger partial charge in [0.2, 0.25) is 0 Å². The molecule has 36 heavy (non-hydrogen) atoms. The fourth-order valence-electron chi connectivity index (χ4n) is 3.62. The van der Waals surface area contributed by atoms with Crippen LogP contribution in [0.5, 0.6) is 0 Å². The molecule has 0 atom stereocenters. The lowest BCUT2D eigenvalue weighted by atomic mass is 9.94. The Kier molecular flexibility index (Phi) is 7.28. The maximum Gasteiger partial charge on any atom is 0.460 e. The number of halogens is 7. The third-order valence-electron chi connectivity index (χ3n) is 5.40. The SMILES string of the molecule is C=CC(=O)OCC(=O)OCc1ccc2c(c1)-c1cc(/C(=N/C)C(F)(F)C(F)(F)C(F)(F)F)ccc1C2. The van der Waals surface area contributed by atoms with Crippen LogP contribution in [0.1, 0.15) is 22.3 Å². The number of hydrogen-bond acceptors (Lipinski definition) is 5. The van der Waals surface area contributed by atoms with Crippen LogP contribution < -0.4 is 0 Å². The number of rotatable bonds is 8. The Hall–Kier alpha value is -3.70. The first-order valence-electron chi connectivity index (χ1n) is 10.2. The van der Waals surface area contributed by atoms with Gasteiger partial charge in [-0.25, -0.2) is 9.59 Å². The lowest BCUT2D eigenvalue weighted by Crippen LogP contribution is -2.56. The van der Waals surface area contributed by atoms with E-state index < -0.39 is 47.8 Å². The average molecular weight is 517 g/mol. The lowest BCUT2D eigenvalue weighted by molar-refractivity contribution is -0.336. The monoisotopic (exact) mass is 517 g/mol. The highest BCUT2D eigenvalue weighted by Crippen LogP contribution is 2.48. The minimum absolute atomic E-state index is 0.232. The number of carbonyl (C=O) groups is 2. The fraction of sp³-hybridized carbons (Fsp3) is 0.292. The first-order valence-corrected chi connectivity index (χ1v) is 10.2. The summed E-state index contributed by atoms with van der Waals surface area (Å²) in [6.45, 7) is 2.31. The van der Waals surface area contributed by atoms with Gasteiger partial charge < -0.3 is 9.47 Å². The van der Waals surface area contributed by atoms with Crippen LogP contribution in [0, 0.1) is 0 Å². The summed E-state index contributed by atoms with van der Waals surface area (Å²) in [6.07, 6.45) is -5.27. The molecule has 12 heteroatoms. The molecule has 0 fully saturated rings. The maximum atomic E-state index is 14.4. The molecule has 0 unspecified atom stereocenters. The summed E-state index contributed by atoms with van der Waals surface area (Å²) in [5, 5.41) is 0. The molecule has 0 bridgehead atoms. The van der Waals surface area contributed by atoms with Crippen molar-refractivity contribution in [3.8, 4) is 11.1 Å². The van der Waals surface area contributed by atoms with E-state index in [-0.39, 0.29) is 6.61 Å². The number of carbonyl (C=O) groups excluding carboxylic acids is 2. The van der Waals surface area contributed by atoms with Crippen LogP contribution in [0.3, 0.4) is 0 Å². The van der Waals surface area contributed by atoms with Gasteiger partial charge in [-0.05, 0) is 46.4 Å². The van der Waals surface area contributed by atoms with Gasteiger partial charge in [0.05, 0.1) is 0 Å². The Labute approximate surface area is 200 Å². The van der Waals surface area contributed by atoms with Crippen molar-refractivity contribution in [2.75, 3.05) is 13.7 Å². The first-order chi connectivity index (χ1) is 16.7. The number of esters is 2. The fourth-order valence-corrected chi connectivity index (χ4v) is 3.62. The van der Waals surface area contributed by atoms with Gasteiger partial charge in [0, 0.05) is 18.7 Å². The Balaban J connectivity index is 1.88. The van der Waals surface area contributed by atoms with E-state index in [0.29, 0.717) is 35.7 Å². The third-order valence-corrected chi connectivity index (χ3v) is 5.40. The maximum absolute atomic E-state index is 14.4. The second kappa shape index (κ2) is 9.75. The number of hydrogen-bond donors (Lipinski definition) is 0. The van der Waals surface area contributed by atoms with Gasteiger partial charge >= 0.3 is 30.0 Å². The van der Waals surface area contributed by atoms with Crippen LogP contribution in [0.4, 0.5) is 30.7 Å². The first kappa shape index (κ1) is 26.9. The van der Waals surface area contributed by atoms with E-state index in [1.807, 2.05) is 0 Å². The Bertz CT molecular complexity index is 1240. The summed E-state index contributed by atoms with van der Waals surface area (Å²) >= 11 is 0. The lowest BCUT2D eigenvalue weighted by Gasteiger charge is -2.29. The quantitative estimate of drug-likeness (QED) is 0.177. The molecule has 1 aliphatic carbocycles. The van der Waals surface area contributed by atoms with E-state index in [1.165, 1.54) is 6.07 Å². The zero-order chi connectivity index (χ0) is 26.9. The van der Waals surface area contributed by atoms with Crippen molar-refractivity contribution in [3.05, 3.63) is 71.3 Å². The molecule has 0 radical (unpaired) electrons. The number of aliphatic imine (C=N–C) groups is 1. The van der Waals surface area contributed by atoms with Crippen molar-refractivity contribution >= 4 is 17.7 Å². The summed E-state index contributed by atoms with van der Waals surface area (Å²) in [7, 11) is 0.704. The van der Waals surface area contributed by atoms with Crippen molar-refractivity contribution in [1.29, 1.82) is 0 Å².